The highest BCUT2D eigenvalue weighted by molar-refractivity contribution is 6.39. The van der Waals surface area contributed by atoms with Gasteiger partial charge in [0.15, 0.2) is 0 Å². The van der Waals surface area contributed by atoms with Crippen molar-refractivity contribution in [3.8, 4) is 6.07 Å². The van der Waals surface area contributed by atoms with Crippen molar-refractivity contribution in [2.24, 2.45) is 0 Å². The van der Waals surface area contributed by atoms with Crippen LogP contribution in [0.1, 0.15) is 24.1 Å². The molecule has 5 nitrogen and oxygen atoms in total. The minimum atomic E-state index is -0.766. The van der Waals surface area contributed by atoms with Crippen LogP contribution >= 0.6 is 0 Å². The number of rotatable bonds is 3. The van der Waals surface area contributed by atoms with Gasteiger partial charge in [0.05, 0.1) is 17.7 Å². The fourth-order valence-electron chi connectivity index (χ4n) is 1.94. The van der Waals surface area contributed by atoms with Crippen molar-refractivity contribution >= 4 is 17.5 Å². The Kier molecular flexibility index (Phi) is 4.89. The van der Waals surface area contributed by atoms with Gasteiger partial charge in [-0.1, -0.05) is 36.4 Å². The summed E-state index contributed by atoms with van der Waals surface area (Å²) in [5.74, 6) is -1.49. The van der Waals surface area contributed by atoms with Gasteiger partial charge in [0.25, 0.3) is 0 Å². The average molecular weight is 293 g/mol. The average Bonchev–Trinajstić information content (AvgIpc) is 2.55. The maximum Gasteiger partial charge on any atom is 0.313 e. The number of hydrogen-bond acceptors (Lipinski definition) is 3. The van der Waals surface area contributed by atoms with Crippen LogP contribution in [0.2, 0.25) is 0 Å². The second-order valence-corrected chi connectivity index (χ2v) is 4.75. The van der Waals surface area contributed by atoms with Gasteiger partial charge in [-0.3, -0.25) is 9.59 Å². The number of benzene rings is 2. The lowest BCUT2D eigenvalue weighted by Gasteiger charge is -2.14. The van der Waals surface area contributed by atoms with E-state index in [1.54, 1.807) is 25.1 Å². The molecule has 2 aromatic rings. The van der Waals surface area contributed by atoms with E-state index in [4.69, 9.17) is 5.26 Å². The topological polar surface area (TPSA) is 82.0 Å². The number of anilines is 1. The summed E-state index contributed by atoms with van der Waals surface area (Å²) in [7, 11) is 0. The zero-order valence-corrected chi connectivity index (χ0v) is 12.0. The third kappa shape index (κ3) is 3.93. The predicted octanol–water partition coefficient (Wildman–Crippen LogP) is 2.37. The van der Waals surface area contributed by atoms with Crippen molar-refractivity contribution in [3.05, 3.63) is 65.7 Å². The molecule has 2 rings (SSSR count). The summed E-state index contributed by atoms with van der Waals surface area (Å²) in [6.07, 6.45) is 0. The Balaban J connectivity index is 1.98. The van der Waals surface area contributed by atoms with Crippen LogP contribution in [0.15, 0.2) is 54.6 Å². The molecule has 5 heteroatoms. The summed E-state index contributed by atoms with van der Waals surface area (Å²) in [6, 6.07) is 17.4. The predicted molar refractivity (Wildman–Crippen MR) is 82.8 cm³/mol. The Labute approximate surface area is 128 Å². The second-order valence-electron chi connectivity index (χ2n) is 4.75. The molecule has 2 amide bonds. The fourth-order valence-corrected chi connectivity index (χ4v) is 1.94. The molecular weight excluding hydrogens is 278 g/mol. The normalized spacial score (nSPS) is 11.1. The molecule has 0 aromatic heterocycles. The standard InChI is InChI=1S/C17H15N3O2/c1-12(14-7-3-2-4-8-14)19-16(21)17(22)20-15-9-5-6-13(10-15)11-18/h2-10,12H,1H3,(H,19,21)(H,20,22). The maximum atomic E-state index is 11.9. The molecule has 2 aromatic carbocycles. The first kappa shape index (κ1) is 15.3. The van der Waals surface area contributed by atoms with Gasteiger partial charge < -0.3 is 10.6 Å². The summed E-state index contributed by atoms with van der Waals surface area (Å²) in [6.45, 7) is 1.80. The van der Waals surface area contributed by atoms with Crippen molar-refractivity contribution in [3.63, 3.8) is 0 Å². The molecule has 0 aliphatic heterocycles. The van der Waals surface area contributed by atoms with E-state index in [1.807, 2.05) is 36.4 Å². The van der Waals surface area contributed by atoms with Crippen molar-refractivity contribution in [1.29, 1.82) is 5.26 Å². The smallest absolute Gasteiger partial charge is 0.313 e. The van der Waals surface area contributed by atoms with E-state index < -0.39 is 11.8 Å². The van der Waals surface area contributed by atoms with Gasteiger partial charge in [0.2, 0.25) is 0 Å². The van der Waals surface area contributed by atoms with E-state index in [-0.39, 0.29) is 6.04 Å². The molecule has 0 saturated carbocycles. The quantitative estimate of drug-likeness (QED) is 0.852. The van der Waals surface area contributed by atoms with E-state index in [1.165, 1.54) is 6.07 Å². The molecule has 2 N–H and O–H groups in total. The molecular formula is C17H15N3O2. The highest BCUT2D eigenvalue weighted by Gasteiger charge is 2.17. The molecule has 0 radical (unpaired) electrons. The molecule has 0 saturated heterocycles. The van der Waals surface area contributed by atoms with Gasteiger partial charge in [0, 0.05) is 5.69 Å². The first-order chi connectivity index (χ1) is 10.6. The van der Waals surface area contributed by atoms with Gasteiger partial charge in [-0.05, 0) is 30.7 Å². The molecule has 1 atom stereocenters. The van der Waals surface area contributed by atoms with Crippen LogP contribution in [-0.2, 0) is 9.59 Å². The molecule has 1 unspecified atom stereocenters. The number of carbonyl (C=O) groups is 2. The molecule has 110 valence electrons. The Morgan fingerprint density at radius 3 is 2.45 bits per heavy atom. The molecule has 0 heterocycles. The molecule has 22 heavy (non-hydrogen) atoms. The molecule has 0 aliphatic carbocycles. The van der Waals surface area contributed by atoms with Crippen LogP contribution in [0.5, 0.6) is 0 Å². The molecule has 0 bridgehead atoms. The Morgan fingerprint density at radius 2 is 1.77 bits per heavy atom. The zero-order valence-electron chi connectivity index (χ0n) is 12.0. The Morgan fingerprint density at radius 1 is 1.05 bits per heavy atom. The first-order valence-corrected chi connectivity index (χ1v) is 6.77. The van der Waals surface area contributed by atoms with E-state index in [2.05, 4.69) is 10.6 Å². The minimum Gasteiger partial charge on any atom is -0.341 e. The van der Waals surface area contributed by atoms with Crippen LogP contribution in [0.4, 0.5) is 5.69 Å². The van der Waals surface area contributed by atoms with Crippen molar-refractivity contribution in [2.45, 2.75) is 13.0 Å². The monoisotopic (exact) mass is 293 g/mol. The maximum absolute atomic E-state index is 11.9. The number of carbonyl (C=O) groups excluding carboxylic acids is 2. The van der Waals surface area contributed by atoms with Crippen LogP contribution in [-0.4, -0.2) is 11.8 Å². The Hall–Kier alpha value is -3.13. The van der Waals surface area contributed by atoms with Crippen molar-refractivity contribution in [2.75, 3.05) is 5.32 Å². The third-order valence-corrected chi connectivity index (χ3v) is 3.10. The number of amides is 2. The van der Waals surface area contributed by atoms with Gasteiger partial charge in [0.1, 0.15) is 0 Å². The van der Waals surface area contributed by atoms with Crippen molar-refractivity contribution in [1.82, 2.24) is 5.32 Å². The lowest BCUT2D eigenvalue weighted by atomic mass is 10.1. The minimum absolute atomic E-state index is 0.273. The van der Waals surface area contributed by atoms with Crippen LogP contribution in [0.25, 0.3) is 0 Å². The molecule has 0 fully saturated rings. The summed E-state index contributed by atoms with van der Waals surface area (Å²) in [4.78, 5) is 23.8. The lowest BCUT2D eigenvalue weighted by Crippen LogP contribution is -2.36. The third-order valence-electron chi connectivity index (χ3n) is 3.10. The fraction of sp³-hybridized carbons (Fsp3) is 0.118. The van der Waals surface area contributed by atoms with Gasteiger partial charge in [-0.2, -0.15) is 5.26 Å². The van der Waals surface area contributed by atoms with Crippen LogP contribution < -0.4 is 10.6 Å². The van der Waals surface area contributed by atoms with Gasteiger partial charge in [-0.25, -0.2) is 0 Å². The van der Waals surface area contributed by atoms with E-state index >= 15 is 0 Å². The summed E-state index contributed by atoms with van der Waals surface area (Å²) in [5, 5.41) is 13.9. The van der Waals surface area contributed by atoms with Crippen LogP contribution in [0, 0.1) is 11.3 Å². The lowest BCUT2D eigenvalue weighted by molar-refractivity contribution is -0.136. The number of hydrogen-bond donors (Lipinski definition) is 2. The number of nitrogens with zero attached hydrogens (tertiary/aromatic N) is 1. The highest BCUT2D eigenvalue weighted by Crippen LogP contribution is 2.12. The number of nitriles is 1. The van der Waals surface area contributed by atoms with E-state index in [9.17, 15) is 9.59 Å². The number of nitrogens with one attached hydrogen (secondary N) is 2. The largest absolute Gasteiger partial charge is 0.341 e. The summed E-state index contributed by atoms with van der Waals surface area (Å²) < 4.78 is 0. The zero-order chi connectivity index (χ0) is 15.9. The Bertz CT molecular complexity index is 720. The summed E-state index contributed by atoms with van der Waals surface area (Å²) in [5.41, 5.74) is 1.73. The second kappa shape index (κ2) is 7.04. The van der Waals surface area contributed by atoms with E-state index in [0.717, 1.165) is 5.56 Å². The van der Waals surface area contributed by atoms with Crippen molar-refractivity contribution < 1.29 is 9.59 Å². The SMILES string of the molecule is CC(NC(=O)C(=O)Nc1cccc(C#N)c1)c1ccccc1. The van der Waals surface area contributed by atoms with Crippen LogP contribution in [0.3, 0.4) is 0 Å². The molecule has 0 spiro atoms. The van der Waals surface area contributed by atoms with Gasteiger partial charge in [-0.15, -0.1) is 0 Å². The van der Waals surface area contributed by atoms with Gasteiger partial charge >= 0.3 is 11.8 Å². The summed E-state index contributed by atoms with van der Waals surface area (Å²) >= 11 is 0. The van der Waals surface area contributed by atoms with E-state index in [0.29, 0.717) is 11.3 Å². The highest BCUT2D eigenvalue weighted by atomic mass is 16.2. The molecule has 0 aliphatic rings. The first-order valence-electron chi connectivity index (χ1n) is 6.77.